The number of nitrogens with zero attached hydrogens (tertiary/aromatic N) is 7. The minimum absolute atomic E-state index is 0.00594. The molecule has 0 saturated carbocycles. The Balaban J connectivity index is 1.19. The number of piperidine rings is 1. The molecule has 2 aliphatic rings. The number of nitrogens with one attached hydrogen (secondary N) is 1. The van der Waals surface area contributed by atoms with Gasteiger partial charge in [-0.15, -0.1) is 5.10 Å². The number of hydrogen-bond donors (Lipinski definition) is 1. The van der Waals surface area contributed by atoms with E-state index in [9.17, 15) is 4.79 Å². The predicted octanol–water partition coefficient (Wildman–Crippen LogP) is 5.88. The monoisotopic (exact) mass is 588 g/mol. The molecule has 5 heterocycles. The summed E-state index contributed by atoms with van der Waals surface area (Å²) in [6.07, 6.45) is 8.91. The topological polar surface area (TPSA) is 120 Å². The first-order valence-electron chi connectivity index (χ1n) is 14.6. The molecule has 2 atom stereocenters. The van der Waals surface area contributed by atoms with Crippen molar-refractivity contribution in [2.45, 2.75) is 44.7 Å². The number of aryl methyl sites for hydroxylation is 2. The Morgan fingerprint density at radius 2 is 1.98 bits per heavy atom. The van der Waals surface area contributed by atoms with Gasteiger partial charge in [-0.05, 0) is 80.2 Å². The van der Waals surface area contributed by atoms with Crippen LogP contribution in [0.25, 0.3) is 27.6 Å². The van der Waals surface area contributed by atoms with E-state index in [1.54, 1.807) is 11.8 Å². The number of amides is 1. The summed E-state index contributed by atoms with van der Waals surface area (Å²) in [4.78, 5) is 28.6. The Labute approximate surface area is 254 Å². The highest BCUT2D eigenvalue weighted by Crippen LogP contribution is 2.39. The van der Waals surface area contributed by atoms with E-state index < -0.39 is 0 Å². The Morgan fingerprint density at radius 1 is 1.09 bits per heavy atom. The Morgan fingerprint density at radius 3 is 2.80 bits per heavy atom. The summed E-state index contributed by atoms with van der Waals surface area (Å²) < 4.78 is 13.7. The van der Waals surface area contributed by atoms with Crippen LogP contribution in [-0.4, -0.2) is 59.9 Å². The number of hydrogen-bond acceptors (Lipinski definition) is 9. The summed E-state index contributed by atoms with van der Waals surface area (Å²) in [5.74, 6) is 2.46. The second kappa shape index (κ2) is 11.1. The van der Waals surface area contributed by atoms with Gasteiger partial charge in [0.25, 0.3) is 0 Å². The van der Waals surface area contributed by atoms with Crippen LogP contribution in [0.3, 0.4) is 0 Å². The summed E-state index contributed by atoms with van der Waals surface area (Å²) in [6, 6.07) is 13.7. The Kier molecular flexibility index (Phi) is 6.92. The molecule has 2 unspecified atom stereocenters. The summed E-state index contributed by atoms with van der Waals surface area (Å²) in [6.45, 7) is 5.68. The highest BCUT2D eigenvalue weighted by molar-refractivity contribution is 5.91. The fourth-order valence-electron chi connectivity index (χ4n) is 6.26. The van der Waals surface area contributed by atoms with Gasteiger partial charge in [-0.2, -0.15) is 0 Å². The van der Waals surface area contributed by atoms with Gasteiger partial charge in [0.2, 0.25) is 5.91 Å². The van der Waals surface area contributed by atoms with E-state index >= 15 is 0 Å². The van der Waals surface area contributed by atoms with Crippen molar-refractivity contribution in [3.63, 3.8) is 0 Å². The van der Waals surface area contributed by atoms with Crippen molar-refractivity contribution < 1.29 is 14.3 Å². The van der Waals surface area contributed by atoms with E-state index in [2.05, 4.69) is 38.3 Å². The summed E-state index contributed by atoms with van der Waals surface area (Å²) in [7, 11) is 3.47. The molecule has 1 saturated heterocycles. The lowest BCUT2D eigenvalue weighted by molar-refractivity contribution is -0.131. The van der Waals surface area contributed by atoms with E-state index in [1.165, 1.54) is 12.4 Å². The average Bonchev–Trinajstić information content (AvgIpc) is 3.40. The summed E-state index contributed by atoms with van der Waals surface area (Å²) >= 11 is 0. The quantitative estimate of drug-likeness (QED) is 0.232. The van der Waals surface area contributed by atoms with E-state index in [0.29, 0.717) is 28.6 Å². The summed E-state index contributed by atoms with van der Waals surface area (Å²) in [5.41, 5.74) is 6.68. The van der Waals surface area contributed by atoms with Gasteiger partial charge < -0.3 is 19.7 Å². The molecule has 3 aromatic heterocycles. The number of rotatable bonds is 7. The van der Waals surface area contributed by atoms with Crippen molar-refractivity contribution in [2.24, 2.45) is 7.05 Å². The van der Waals surface area contributed by atoms with E-state index in [-0.39, 0.29) is 18.0 Å². The van der Waals surface area contributed by atoms with Crippen molar-refractivity contribution in [1.82, 2.24) is 34.8 Å². The molecule has 11 nitrogen and oxygen atoms in total. The smallest absolute Gasteiger partial charge is 0.246 e. The van der Waals surface area contributed by atoms with E-state index in [4.69, 9.17) is 14.5 Å². The number of benzene rings is 2. The standard InChI is InChI=1S/C33H32N8O3/c1-5-31(42)41-21-7-6-8-22(41)15-20(14-21)24-10-11-25-32(36-24)33(35-18-34-25)37-27-13-19(2)29(17-30(27)43-4)44-23-9-12-28-26(16-23)38-39-40(28)3/h5,9-14,16-18,21-22H,1,6-8,15H2,2-4H3,(H,34,35,37). The molecule has 222 valence electrons. The zero-order chi connectivity index (χ0) is 30.4. The molecule has 1 fully saturated rings. The van der Waals surface area contributed by atoms with Crippen LogP contribution >= 0.6 is 0 Å². The van der Waals surface area contributed by atoms with Gasteiger partial charge in [-0.25, -0.2) is 19.6 Å². The molecule has 1 amide bonds. The molecule has 5 aromatic rings. The van der Waals surface area contributed by atoms with Crippen LogP contribution in [0, 0.1) is 6.92 Å². The summed E-state index contributed by atoms with van der Waals surface area (Å²) in [5, 5.41) is 11.7. The number of methoxy groups -OCH3 is 1. The normalized spacial score (nSPS) is 17.8. The first kappa shape index (κ1) is 27.5. The van der Waals surface area contributed by atoms with Crippen LogP contribution in [0.2, 0.25) is 0 Å². The number of pyridine rings is 1. The molecule has 0 radical (unpaired) electrons. The lowest BCUT2D eigenvalue weighted by atomic mass is 9.84. The minimum atomic E-state index is -0.00594. The van der Waals surface area contributed by atoms with E-state index in [0.717, 1.165) is 64.8 Å². The Bertz CT molecular complexity index is 1970. The maximum absolute atomic E-state index is 12.6. The van der Waals surface area contributed by atoms with Crippen molar-refractivity contribution >= 4 is 45.1 Å². The number of carbonyl (C=O) groups excluding carboxylic acids is 1. The van der Waals surface area contributed by atoms with Gasteiger partial charge >= 0.3 is 0 Å². The fourth-order valence-corrected chi connectivity index (χ4v) is 6.26. The van der Waals surface area contributed by atoms with Crippen molar-refractivity contribution in [3.05, 3.63) is 78.8 Å². The number of fused-ring (bicyclic) bond motifs is 4. The van der Waals surface area contributed by atoms with Gasteiger partial charge in [0.05, 0.1) is 35.6 Å². The molecule has 2 bridgehead atoms. The fraction of sp³-hybridized carbons (Fsp3) is 0.273. The van der Waals surface area contributed by atoms with Crippen LogP contribution in [0.4, 0.5) is 11.5 Å². The molecule has 0 aliphatic carbocycles. The maximum atomic E-state index is 12.6. The maximum Gasteiger partial charge on any atom is 0.246 e. The molecule has 0 spiro atoms. The lowest BCUT2D eigenvalue weighted by Crippen LogP contribution is -2.51. The molecular weight excluding hydrogens is 556 g/mol. The second-order valence-corrected chi connectivity index (χ2v) is 11.2. The van der Waals surface area contributed by atoms with Gasteiger partial charge in [0.1, 0.15) is 34.6 Å². The highest BCUT2D eigenvalue weighted by atomic mass is 16.5. The van der Waals surface area contributed by atoms with Crippen LogP contribution in [0.1, 0.15) is 36.9 Å². The number of carbonyl (C=O) groups is 1. The van der Waals surface area contributed by atoms with Crippen LogP contribution in [0.5, 0.6) is 17.2 Å². The number of anilines is 2. The number of ether oxygens (including phenoxy) is 2. The van der Waals surface area contributed by atoms with Crippen molar-refractivity contribution in [1.29, 1.82) is 0 Å². The van der Waals surface area contributed by atoms with Crippen molar-refractivity contribution in [3.8, 4) is 17.2 Å². The third-order valence-corrected chi connectivity index (χ3v) is 8.44. The van der Waals surface area contributed by atoms with Gasteiger partial charge in [0.15, 0.2) is 5.82 Å². The number of aromatic nitrogens is 6. The van der Waals surface area contributed by atoms with Gasteiger partial charge in [-0.1, -0.05) is 17.9 Å². The third-order valence-electron chi connectivity index (χ3n) is 8.44. The highest BCUT2D eigenvalue weighted by Gasteiger charge is 2.36. The molecule has 1 N–H and O–H groups in total. The predicted molar refractivity (Wildman–Crippen MR) is 168 cm³/mol. The second-order valence-electron chi connectivity index (χ2n) is 11.2. The SMILES string of the molecule is C=CC(=O)N1C2C=C(c3ccc4ncnc(Nc5cc(C)c(Oc6ccc7c(c6)nnn7C)cc5OC)c4n3)CC1CCC2. The third kappa shape index (κ3) is 4.89. The average molecular weight is 589 g/mol. The molecule has 2 aromatic carbocycles. The first-order valence-corrected chi connectivity index (χ1v) is 14.6. The largest absolute Gasteiger partial charge is 0.494 e. The van der Waals surface area contributed by atoms with Crippen molar-refractivity contribution in [2.75, 3.05) is 12.4 Å². The minimum Gasteiger partial charge on any atom is -0.494 e. The zero-order valence-electron chi connectivity index (χ0n) is 24.8. The molecule has 11 heteroatoms. The van der Waals surface area contributed by atoms with E-state index in [1.807, 2.05) is 61.3 Å². The van der Waals surface area contributed by atoms with Crippen LogP contribution in [0.15, 0.2) is 67.5 Å². The molecule has 44 heavy (non-hydrogen) atoms. The zero-order valence-corrected chi connectivity index (χ0v) is 24.8. The Hall–Kier alpha value is -5.32. The van der Waals surface area contributed by atoms with Crippen LogP contribution < -0.4 is 14.8 Å². The lowest BCUT2D eigenvalue weighted by Gasteiger charge is -2.44. The molecular formula is C33H32N8O3. The van der Waals surface area contributed by atoms with Crippen LogP contribution in [-0.2, 0) is 11.8 Å². The van der Waals surface area contributed by atoms with Gasteiger partial charge in [0, 0.05) is 25.2 Å². The molecule has 2 aliphatic heterocycles. The van der Waals surface area contributed by atoms with Gasteiger partial charge in [-0.3, -0.25) is 4.79 Å². The molecule has 7 rings (SSSR count). The first-order chi connectivity index (χ1) is 21.4.